The molecule has 0 amide bonds. The third-order valence-corrected chi connectivity index (χ3v) is 10.1. The molecular weight excluding hydrogens is 360 g/mol. The van der Waals surface area contributed by atoms with Gasteiger partial charge >= 0.3 is 5.97 Å². The van der Waals surface area contributed by atoms with Crippen molar-refractivity contribution in [2.45, 2.75) is 104 Å². The molecular formula is C26H42O3. The molecule has 2 N–H and O–H groups in total. The Morgan fingerprint density at radius 2 is 1.93 bits per heavy atom. The second-order valence-electron chi connectivity index (χ2n) is 11.5. The molecule has 0 bridgehead atoms. The van der Waals surface area contributed by atoms with Crippen molar-refractivity contribution in [3.8, 4) is 0 Å². The molecule has 0 aliphatic heterocycles. The molecule has 4 aliphatic carbocycles. The van der Waals surface area contributed by atoms with Crippen LogP contribution in [0.3, 0.4) is 0 Å². The summed E-state index contributed by atoms with van der Waals surface area (Å²) in [7, 11) is 0. The zero-order chi connectivity index (χ0) is 20.8. The summed E-state index contributed by atoms with van der Waals surface area (Å²) in [4.78, 5) is 10.8. The smallest absolute Gasteiger partial charge is 0.303 e. The van der Waals surface area contributed by atoms with Gasteiger partial charge in [0.05, 0.1) is 6.10 Å². The highest BCUT2D eigenvalue weighted by Gasteiger charge is 2.59. The first-order valence-corrected chi connectivity index (χ1v) is 12.3. The number of hydrogen-bond acceptors (Lipinski definition) is 2. The number of allylic oxidation sites excluding steroid dienone is 1. The number of hydrogen-bond donors (Lipinski definition) is 2. The van der Waals surface area contributed by atoms with Gasteiger partial charge in [-0.05, 0) is 98.2 Å². The van der Waals surface area contributed by atoms with Crippen molar-refractivity contribution >= 4 is 5.97 Å². The maximum Gasteiger partial charge on any atom is 0.303 e. The lowest BCUT2D eigenvalue weighted by Gasteiger charge is -2.58. The largest absolute Gasteiger partial charge is 0.481 e. The van der Waals surface area contributed by atoms with Gasteiger partial charge in [0.15, 0.2) is 0 Å². The van der Waals surface area contributed by atoms with E-state index in [0.29, 0.717) is 23.2 Å². The lowest BCUT2D eigenvalue weighted by Crippen LogP contribution is -2.50. The standard InChI is InChI=1S/C26H42O3/c1-17(6-4-5-7-24(28)29)21-10-11-22-20-9-8-18-16-19(27)12-14-25(18,2)23(20)13-15-26(21,22)3/h8,17,19-23,27H,4-7,9-16H2,1-3H3,(H,28,29)/t17-,19+,20+,21-,22+,23+,25+,26-/m1/s1. The molecule has 3 nitrogen and oxygen atoms in total. The number of fused-ring (bicyclic) bond motifs is 5. The van der Waals surface area contributed by atoms with Crippen LogP contribution in [0.25, 0.3) is 0 Å². The summed E-state index contributed by atoms with van der Waals surface area (Å²) >= 11 is 0. The minimum Gasteiger partial charge on any atom is -0.481 e. The van der Waals surface area contributed by atoms with Crippen LogP contribution in [-0.4, -0.2) is 22.3 Å². The Kier molecular flexibility index (Phi) is 5.92. The van der Waals surface area contributed by atoms with Crippen LogP contribution in [0, 0.1) is 40.4 Å². The van der Waals surface area contributed by atoms with E-state index >= 15 is 0 Å². The van der Waals surface area contributed by atoms with Gasteiger partial charge in [-0.25, -0.2) is 0 Å². The third-order valence-electron chi connectivity index (χ3n) is 10.1. The molecule has 3 saturated carbocycles. The number of carboxylic acid groups (broad SMARTS) is 1. The van der Waals surface area contributed by atoms with E-state index in [9.17, 15) is 9.90 Å². The maximum absolute atomic E-state index is 10.8. The van der Waals surface area contributed by atoms with Crippen molar-refractivity contribution in [2.24, 2.45) is 40.4 Å². The van der Waals surface area contributed by atoms with Gasteiger partial charge in [0.1, 0.15) is 0 Å². The molecule has 0 aromatic rings. The Bertz CT molecular complexity index is 654. The van der Waals surface area contributed by atoms with Crippen LogP contribution >= 0.6 is 0 Å². The summed E-state index contributed by atoms with van der Waals surface area (Å²) < 4.78 is 0. The molecule has 4 rings (SSSR count). The summed E-state index contributed by atoms with van der Waals surface area (Å²) in [6, 6.07) is 0. The van der Waals surface area contributed by atoms with Crippen LogP contribution in [-0.2, 0) is 4.79 Å². The summed E-state index contributed by atoms with van der Waals surface area (Å²) in [6.45, 7) is 7.56. The number of carboxylic acids is 1. The number of rotatable bonds is 6. The van der Waals surface area contributed by atoms with Crippen molar-refractivity contribution in [1.82, 2.24) is 0 Å². The van der Waals surface area contributed by atoms with Crippen molar-refractivity contribution in [1.29, 1.82) is 0 Å². The van der Waals surface area contributed by atoms with Crippen molar-refractivity contribution in [3.05, 3.63) is 11.6 Å². The second kappa shape index (κ2) is 8.02. The number of aliphatic carboxylic acids is 1. The maximum atomic E-state index is 10.8. The molecule has 0 heterocycles. The van der Waals surface area contributed by atoms with E-state index in [0.717, 1.165) is 49.4 Å². The minimum absolute atomic E-state index is 0.113. The molecule has 29 heavy (non-hydrogen) atoms. The number of aliphatic hydroxyl groups is 1. The van der Waals surface area contributed by atoms with Crippen LogP contribution < -0.4 is 0 Å². The number of carbonyl (C=O) groups is 1. The molecule has 3 heteroatoms. The molecule has 8 atom stereocenters. The van der Waals surface area contributed by atoms with Crippen LogP contribution in [0.2, 0.25) is 0 Å². The molecule has 0 aromatic carbocycles. The molecule has 0 radical (unpaired) electrons. The lowest BCUT2D eigenvalue weighted by atomic mass is 9.47. The number of aliphatic hydroxyl groups excluding tert-OH is 1. The molecule has 0 aromatic heterocycles. The minimum atomic E-state index is -0.655. The average Bonchev–Trinajstić information content (AvgIpc) is 3.03. The highest BCUT2D eigenvalue weighted by Crippen LogP contribution is 2.67. The van der Waals surface area contributed by atoms with Crippen LogP contribution in [0.5, 0.6) is 0 Å². The second-order valence-corrected chi connectivity index (χ2v) is 11.5. The quantitative estimate of drug-likeness (QED) is 0.410. The zero-order valence-corrected chi connectivity index (χ0v) is 18.8. The van der Waals surface area contributed by atoms with E-state index in [1.54, 1.807) is 5.57 Å². The van der Waals surface area contributed by atoms with Gasteiger partial charge in [-0.1, -0.05) is 45.3 Å². The average molecular weight is 403 g/mol. The summed E-state index contributed by atoms with van der Waals surface area (Å²) in [5, 5.41) is 19.1. The summed E-state index contributed by atoms with van der Waals surface area (Å²) in [5.74, 6) is 3.38. The predicted octanol–water partition coefficient (Wildman–Crippen LogP) is 6.21. The van der Waals surface area contributed by atoms with Crippen LogP contribution in [0.4, 0.5) is 0 Å². The van der Waals surface area contributed by atoms with E-state index in [1.165, 1.54) is 44.9 Å². The van der Waals surface area contributed by atoms with Crippen LogP contribution in [0.15, 0.2) is 11.6 Å². The molecule has 4 aliphatic rings. The van der Waals surface area contributed by atoms with E-state index in [2.05, 4.69) is 26.8 Å². The fourth-order valence-electron chi connectivity index (χ4n) is 8.56. The molecule has 0 saturated heterocycles. The van der Waals surface area contributed by atoms with E-state index < -0.39 is 5.97 Å². The Hall–Kier alpha value is -0.830. The molecule has 3 fully saturated rings. The van der Waals surface area contributed by atoms with Gasteiger partial charge in [-0.2, -0.15) is 0 Å². The Morgan fingerprint density at radius 3 is 2.69 bits per heavy atom. The fourth-order valence-corrected chi connectivity index (χ4v) is 8.56. The van der Waals surface area contributed by atoms with Gasteiger partial charge in [0.2, 0.25) is 0 Å². The van der Waals surface area contributed by atoms with Crippen molar-refractivity contribution in [2.75, 3.05) is 0 Å². The first kappa shape index (κ1) is 21.4. The Labute approximate surface area is 177 Å². The SMILES string of the molecule is C[C@H](CCCCC(=O)O)[C@H]1CC[C@H]2[C@@H]3CC=C4C[C@@H](O)CC[C@]4(C)[C@H]3CC[C@]12C. The Morgan fingerprint density at radius 1 is 1.14 bits per heavy atom. The topological polar surface area (TPSA) is 57.5 Å². The van der Waals surface area contributed by atoms with Gasteiger partial charge in [0.25, 0.3) is 0 Å². The molecule has 164 valence electrons. The Balaban J connectivity index is 1.45. The van der Waals surface area contributed by atoms with E-state index in [1.807, 2.05) is 0 Å². The zero-order valence-electron chi connectivity index (χ0n) is 18.8. The summed E-state index contributed by atoms with van der Waals surface area (Å²) in [6.07, 6.45) is 15.6. The van der Waals surface area contributed by atoms with E-state index in [-0.39, 0.29) is 6.10 Å². The first-order valence-electron chi connectivity index (χ1n) is 12.3. The molecule has 0 spiro atoms. The lowest BCUT2D eigenvalue weighted by molar-refractivity contribution is -0.137. The van der Waals surface area contributed by atoms with Crippen molar-refractivity contribution < 1.29 is 15.0 Å². The van der Waals surface area contributed by atoms with Crippen molar-refractivity contribution in [3.63, 3.8) is 0 Å². The highest BCUT2D eigenvalue weighted by molar-refractivity contribution is 5.66. The third kappa shape index (κ3) is 3.70. The van der Waals surface area contributed by atoms with Crippen LogP contribution in [0.1, 0.15) is 97.8 Å². The normalized spacial score (nSPS) is 45.0. The monoisotopic (exact) mass is 402 g/mol. The van der Waals surface area contributed by atoms with Gasteiger partial charge < -0.3 is 10.2 Å². The van der Waals surface area contributed by atoms with E-state index in [4.69, 9.17) is 5.11 Å². The predicted molar refractivity (Wildman–Crippen MR) is 116 cm³/mol. The number of unbranched alkanes of at least 4 members (excludes halogenated alkanes) is 1. The van der Waals surface area contributed by atoms with Gasteiger partial charge in [0, 0.05) is 6.42 Å². The molecule has 0 unspecified atom stereocenters. The summed E-state index contributed by atoms with van der Waals surface area (Å²) in [5.41, 5.74) is 2.38. The van der Waals surface area contributed by atoms with Gasteiger partial charge in [-0.3, -0.25) is 4.79 Å². The fraction of sp³-hybridized carbons (Fsp3) is 0.885. The first-order chi connectivity index (χ1) is 13.8. The highest BCUT2D eigenvalue weighted by atomic mass is 16.4. The van der Waals surface area contributed by atoms with Gasteiger partial charge in [-0.15, -0.1) is 0 Å².